The smallest absolute Gasteiger partial charge is 0.228 e. The zero-order chi connectivity index (χ0) is 31.2. The molecule has 2 aromatic rings. The molecule has 0 saturated carbocycles. The van der Waals surface area contributed by atoms with Crippen LogP contribution in [0.2, 0.25) is 0 Å². The third kappa shape index (κ3) is 5.23. The second-order valence-electron chi connectivity index (χ2n) is 13.0. The lowest BCUT2D eigenvalue weighted by Gasteiger charge is -2.45. The number of hydrogen-bond acceptors (Lipinski definition) is 12. The molecule has 4 aliphatic rings. The number of nitriles is 1. The summed E-state index contributed by atoms with van der Waals surface area (Å²) >= 11 is 1.47. The van der Waals surface area contributed by atoms with Crippen LogP contribution in [0, 0.1) is 11.3 Å². The van der Waals surface area contributed by atoms with Crippen molar-refractivity contribution in [2.24, 2.45) is 5.73 Å². The van der Waals surface area contributed by atoms with Gasteiger partial charge in [-0.1, -0.05) is 0 Å². The van der Waals surface area contributed by atoms with Crippen molar-refractivity contribution in [2.75, 3.05) is 53.2 Å². The van der Waals surface area contributed by atoms with E-state index in [2.05, 4.69) is 32.9 Å². The molecule has 0 aromatic carbocycles. The van der Waals surface area contributed by atoms with Gasteiger partial charge in [0.25, 0.3) is 0 Å². The molecule has 2 fully saturated rings. The first-order valence-corrected chi connectivity index (χ1v) is 16.4. The van der Waals surface area contributed by atoms with Crippen molar-refractivity contribution >= 4 is 22.1 Å². The van der Waals surface area contributed by atoms with Crippen LogP contribution in [0.3, 0.4) is 0 Å². The molecule has 0 radical (unpaired) electrons. The van der Waals surface area contributed by atoms with Gasteiger partial charge in [-0.15, -0.1) is 11.3 Å². The van der Waals surface area contributed by atoms with Crippen molar-refractivity contribution in [1.82, 2.24) is 19.8 Å². The summed E-state index contributed by atoms with van der Waals surface area (Å²) in [6.45, 7) is 4.51. The Balaban J connectivity index is 1.36. The van der Waals surface area contributed by atoms with Gasteiger partial charge in [-0.3, -0.25) is 14.6 Å². The van der Waals surface area contributed by atoms with Gasteiger partial charge < -0.3 is 25.7 Å². The van der Waals surface area contributed by atoms with E-state index in [9.17, 15) is 10.1 Å². The summed E-state index contributed by atoms with van der Waals surface area (Å²) in [5.41, 5.74) is 14.8. The predicted octanol–water partition coefficient (Wildman–Crippen LogP) is 3.42. The van der Waals surface area contributed by atoms with Crippen molar-refractivity contribution < 1.29 is 19.0 Å². The molecule has 12 heteroatoms. The van der Waals surface area contributed by atoms with Crippen LogP contribution in [-0.4, -0.2) is 90.7 Å². The van der Waals surface area contributed by atoms with E-state index in [0.717, 1.165) is 61.9 Å². The van der Waals surface area contributed by atoms with E-state index in [4.69, 9.17) is 25.7 Å². The molecule has 2 aliphatic heterocycles. The SMILES string of the molecule is C[C@H](Oc1cc(OCC2(N(C)C)COC2)nc(C(=O)C2=C(N)[C@@]3(CCC2)CCCc2sc(N)c(C#N)c23)n1)[C@@H]1CCCN1C. The van der Waals surface area contributed by atoms with Crippen LogP contribution in [0.25, 0.3) is 0 Å². The van der Waals surface area contributed by atoms with E-state index in [1.807, 2.05) is 21.0 Å². The number of carbonyl (C=O) groups excluding carboxylic acids is 1. The second-order valence-corrected chi connectivity index (χ2v) is 14.2. The number of ether oxygens (including phenoxy) is 3. The average Bonchev–Trinajstić information content (AvgIpc) is 3.55. The minimum atomic E-state index is -0.590. The number of rotatable bonds is 9. The fourth-order valence-electron chi connectivity index (χ4n) is 7.44. The summed E-state index contributed by atoms with van der Waals surface area (Å²) in [7, 11) is 6.10. The third-order valence-corrected chi connectivity index (χ3v) is 11.3. The first kappa shape index (κ1) is 30.8. The molecule has 0 unspecified atom stereocenters. The quantitative estimate of drug-likeness (QED) is 0.396. The largest absolute Gasteiger partial charge is 0.475 e. The van der Waals surface area contributed by atoms with E-state index >= 15 is 0 Å². The number of nitrogen functional groups attached to an aromatic ring is 1. The molecule has 11 nitrogen and oxygen atoms in total. The van der Waals surface area contributed by atoms with Gasteiger partial charge in [0.2, 0.25) is 23.4 Å². The molecule has 4 N–H and O–H groups in total. The summed E-state index contributed by atoms with van der Waals surface area (Å²) in [6, 6.07) is 4.25. The molecule has 44 heavy (non-hydrogen) atoms. The minimum absolute atomic E-state index is 0.00427. The number of hydrogen-bond donors (Lipinski definition) is 2. The normalized spacial score (nSPS) is 25.4. The number of ketones is 1. The molecule has 2 saturated heterocycles. The highest BCUT2D eigenvalue weighted by Gasteiger charge is 2.47. The number of Topliss-reactive ketones (excluding diaryl/α,β-unsaturated/α-hetero) is 1. The Labute approximate surface area is 263 Å². The van der Waals surface area contributed by atoms with Gasteiger partial charge in [0.15, 0.2) is 0 Å². The highest BCUT2D eigenvalue weighted by molar-refractivity contribution is 7.16. The highest BCUT2D eigenvalue weighted by Crippen LogP contribution is 2.53. The first-order valence-electron chi connectivity index (χ1n) is 15.6. The van der Waals surface area contributed by atoms with E-state index in [-0.39, 0.29) is 35.2 Å². The second kappa shape index (κ2) is 11.9. The van der Waals surface area contributed by atoms with Gasteiger partial charge in [0.1, 0.15) is 29.3 Å². The van der Waals surface area contributed by atoms with Crippen LogP contribution in [0.5, 0.6) is 11.8 Å². The number of aryl methyl sites for hydroxylation is 1. The Morgan fingerprint density at radius 2 is 1.95 bits per heavy atom. The molecular weight excluding hydrogens is 578 g/mol. The minimum Gasteiger partial charge on any atom is -0.475 e. The summed E-state index contributed by atoms with van der Waals surface area (Å²) in [5.74, 6) is 0.257. The van der Waals surface area contributed by atoms with E-state index in [1.165, 1.54) is 11.3 Å². The number of thiophene rings is 1. The van der Waals surface area contributed by atoms with Gasteiger partial charge in [-0.25, -0.2) is 0 Å². The Hall–Kier alpha value is -3.24. The zero-order valence-corrected chi connectivity index (χ0v) is 27.0. The Morgan fingerprint density at radius 3 is 2.59 bits per heavy atom. The summed E-state index contributed by atoms with van der Waals surface area (Å²) in [4.78, 5) is 29.0. The number of anilines is 1. The maximum Gasteiger partial charge on any atom is 0.228 e. The lowest BCUT2D eigenvalue weighted by molar-refractivity contribution is -0.141. The molecule has 236 valence electrons. The molecule has 1 spiro atoms. The van der Waals surface area contributed by atoms with Crippen LogP contribution in [-0.2, 0) is 16.6 Å². The molecular formula is C32H43N7O4S. The van der Waals surface area contributed by atoms with Crippen LogP contribution in [0.4, 0.5) is 5.00 Å². The van der Waals surface area contributed by atoms with Crippen LogP contribution >= 0.6 is 11.3 Å². The summed E-state index contributed by atoms with van der Waals surface area (Å²) < 4.78 is 18.1. The average molecular weight is 622 g/mol. The standard InChI is InChI=1S/C32H43N7O4S/c1-19(22-9-7-13-39(22)4)43-25-14-24(42-18-31(38(2)3)16-41-17-31)36-30(37-25)27(40)20-8-5-11-32(28(20)34)12-6-10-23-26(32)21(15-33)29(35)44-23/h14,19,22H,5-13,16-18,34-35H2,1-4H3/t19-,22-,32-/m0/s1. The number of allylic oxidation sites excluding steroid dienone is 2. The van der Waals surface area contributed by atoms with Crippen LogP contribution < -0.4 is 20.9 Å². The van der Waals surface area contributed by atoms with Crippen molar-refractivity contribution in [3.8, 4) is 17.8 Å². The van der Waals surface area contributed by atoms with E-state index in [1.54, 1.807) is 6.07 Å². The fourth-order valence-corrected chi connectivity index (χ4v) is 8.60. The predicted molar refractivity (Wildman–Crippen MR) is 168 cm³/mol. The maximum atomic E-state index is 14.3. The zero-order valence-electron chi connectivity index (χ0n) is 26.1. The van der Waals surface area contributed by atoms with Crippen molar-refractivity contribution in [3.63, 3.8) is 0 Å². The molecule has 4 heterocycles. The van der Waals surface area contributed by atoms with Crippen LogP contribution in [0.15, 0.2) is 17.3 Å². The third-order valence-electron chi connectivity index (χ3n) is 10.2. The van der Waals surface area contributed by atoms with Gasteiger partial charge in [0, 0.05) is 27.6 Å². The van der Waals surface area contributed by atoms with Crippen LogP contribution in [0.1, 0.15) is 78.5 Å². The molecule has 3 atom stereocenters. The maximum absolute atomic E-state index is 14.3. The van der Waals surface area contributed by atoms with Crippen molar-refractivity contribution in [2.45, 2.75) is 81.4 Å². The summed E-state index contributed by atoms with van der Waals surface area (Å²) in [6.07, 6.45) is 6.61. The van der Waals surface area contributed by atoms with Crippen molar-refractivity contribution in [1.29, 1.82) is 5.26 Å². The number of likely N-dealkylation sites (tertiary alicyclic amines) is 1. The monoisotopic (exact) mass is 621 g/mol. The highest BCUT2D eigenvalue weighted by atomic mass is 32.1. The molecule has 2 aliphatic carbocycles. The number of fused-ring (bicyclic) bond motifs is 2. The number of aromatic nitrogens is 2. The van der Waals surface area contributed by atoms with Gasteiger partial charge in [-0.2, -0.15) is 15.2 Å². The van der Waals surface area contributed by atoms with Gasteiger partial charge in [0.05, 0.1) is 24.8 Å². The lowest BCUT2D eigenvalue weighted by atomic mass is 9.62. The summed E-state index contributed by atoms with van der Waals surface area (Å²) in [5, 5.41) is 10.5. The Kier molecular flexibility index (Phi) is 8.34. The van der Waals surface area contributed by atoms with Gasteiger partial charge >= 0.3 is 0 Å². The number of carbonyl (C=O) groups is 1. The fraction of sp³-hybridized carbons (Fsp3) is 0.625. The van der Waals surface area contributed by atoms with Gasteiger partial charge in [-0.05, 0) is 91.5 Å². The lowest BCUT2D eigenvalue weighted by Crippen LogP contribution is -2.63. The van der Waals surface area contributed by atoms with E-state index < -0.39 is 5.41 Å². The molecule has 0 amide bonds. The number of nitrogens with zero attached hydrogens (tertiary/aromatic N) is 5. The Morgan fingerprint density at radius 1 is 1.23 bits per heavy atom. The molecule has 0 bridgehead atoms. The molecule has 6 rings (SSSR count). The number of nitrogens with two attached hydrogens (primary N) is 2. The number of likely N-dealkylation sites (N-methyl/N-ethyl adjacent to an activating group) is 2. The first-order chi connectivity index (χ1) is 21.1. The topological polar surface area (TPSA) is 153 Å². The van der Waals surface area contributed by atoms with Crippen molar-refractivity contribution in [3.05, 3.63) is 39.2 Å². The molecule has 2 aromatic heterocycles. The van der Waals surface area contributed by atoms with E-state index in [0.29, 0.717) is 54.0 Å². The Bertz CT molecular complexity index is 1510.